The van der Waals surface area contributed by atoms with Gasteiger partial charge in [0.1, 0.15) is 5.02 Å². The first kappa shape index (κ1) is 14.0. The Bertz CT molecular complexity index is 343. The molecular weight excluding hydrogens is 238 g/mol. The Morgan fingerprint density at radius 2 is 2.18 bits per heavy atom. The van der Waals surface area contributed by atoms with Crippen molar-refractivity contribution >= 4 is 23.4 Å². The highest BCUT2D eigenvalue weighted by molar-refractivity contribution is 6.32. The van der Waals surface area contributed by atoms with Crippen LogP contribution in [-0.2, 0) is 0 Å². The van der Waals surface area contributed by atoms with Gasteiger partial charge in [-0.3, -0.25) is 5.43 Å². The van der Waals surface area contributed by atoms with Crippen LogP contribution in [0.1, 0.15) is 33.1 Å². The van der Waals surface area contributed by atoms with Crippen LogP contribution >= 0.6 is 11.6 Å². The van der Waals surface area contributed by atoms with E-state index in [9.17, 15) is 0 Å². The Morgan fingerprint density at radius 3 is 2.82 bits per heavy atom. The topological polar surface area (TPSA) is 75.9 Å². The molecule has 0 aliphatic heterocycles. The Hall–Kier alpha value is -1.07. The van der Waals surface area contributed by atoms with Gasteiger partial charge in [-0.05, 0) is 12.3 Å². The van der Waals surface area contributed by atoms with E-state index in [4.69, 9.17) is 17.4 Å². The van der Waals surface area contributed by atoms with Crippen molar-refractivity contribution in [3.8, 4) is 0 Å². The van der Waals surface area contributed by atoms with Crippen molar-refractivity contribution in [1.82, 2.24) is 9.97 Å². The van der Waals surface area contributed by atoms with Gasteiger partial charge in [-0.15, -0.1) is 0 Å². The number of rotatable bonds is 7. The first-order valence-corrected chi connectivity index (χ1v) is 6.24. The van der Waals surface area contributed by atoms with Crippen LogP contribution < -0.4 is 16.6 Å². The largest absolute Gasteiger partial charge is 0.369 e. The molecular formula is C11H20ClN5. The zero-order valence-electron chi connectivity index (χ0n) is 10.3. The summed E-state index contributed by atoms with van der Waals surface area (Å²) in [6.07, 6.45) is 5.08. The van der Waals surface area contributed by atoms with Crippen LogP contribution in [0.15, 0.2) is 6.20 Å². The van der Waals surface area contributed by atoms with Crippen molar-refractivity contribution in [2.24, 2.45) is 11.8 Å². The second-order valence-corrected chi connectivity index (χ2v) is 4.76. The molecule has 0 aliphatic rings. The van der Waals surface area contributed by atoms with Gasteiger partial charge in [-0.25, -0.2) is 10.8 Å². The molecule has 0 atom stereocenters. The van der Waals surface area contributed by atoms with Crippen LogP contribution in [0.4, 0.5) is 11.8 Å². The Kier molecular flexibility index (Phi) is 6.00. The number of nitrogens with zero attached hydrogens (tertiary/aromatic N) is 2. The van der Waals surface area contributed by atoms with Crippen molar-refractivity contribution in [1.29, 1.82) is 0 Å². The molecule has 5 nitrogen and oxygen atoms in total. The number of anilines is 2. The van der Waals surface area contributed by atoms with Crippen LogP contribution in [0.3, 0.4) is 0 Å². The van der Waals surface area contributed by atoms with E-state index < -0.39 is 0 Å². The SMILES string of the molecule is CC(C)CCCCNc1nc(NN)ncc1Cl. The summed E-state index contributed by atoms with van der Waals surface area (Å²) in [4.78, 5) is 8.04. The molecule has 0 bridgehead atoms. The summed E-state index contributed by atoms with van der Waals surface area (Å²) in [5.74, 6) is 6.97. The molecule has 1 rings (SSSR count). The van der Waals surface area contributed by atoms with E-state index in [0.717, 1.165) is 18.9 Å². The first-order valence-electron chi connectivity index (χ1n) is 5.86. The molecule has 0 fully saturated rings. The smallest absolute Gasteiger partial charge is 0.239 e. The predicted octanol–water partition coefficient (Wildman–Crippen LogP) is 2.65. The molecule has 96 valence electrons. The van der Waals surface area contributed by atoms with Crippen molar-refractivity contribution in [2.45, 2.75) is 33.1 Å². The second kappa shape index (κ2) is 7.29. The maximum Gasteiger partial charge on any atom is 0.239 e. The first-order chi connectivity index (χ1) is 8.13. The molecule has 17 heavy (non-hydrogen) atoms. The molecule has 6 heteroatoms. The number of nitrogen functional groups attached to an aromatic ring is 1. The maximum atomic E-state index is 5.96. The van der Waals surface area contributed by atoms with Gasteiger partial charge < -0.3 is 5.32 Å². The average molecular weight is 258 g/mol. The highest BCUT2D eigenvalue weighted by atomic mass is 35.5. The fourth-order valence-corrected chi connectivity index (χ4v) is 1.60. The number of hydrazine groups is 1. The van der Waals surface area contributed by atoms with Crippen LogP contribution in [0.2, 0.25) is 5.02 Å². The molecule has 0 aromatic carbocycles. The molecule has 0 unspecified atom stereocenters. The van der Waals surface area contributed by atoms with Gasteiger partial charge in [-0.1, -0.05) is 38.3 Å². The number of halogens is 1. The summed E-state index contributed by atoms with van der Waals surface area (Å²) in [6, 6.07) is 0. The van der Waals surface area contributed by atoms with Crippen LogP contribution in [0.25, 0.3) is 0 Å². The number of nitrogens with two attached hydrogens (primary N) is 1. The lowest BCUT2D eigenvalue weighted by molar-refractivity contribution is 0.544. The maximum absolute atomic E-state index is 5.96. The van der Waals surface area contributed by atoms with E-state index in [1.807, 2.05) is 0 Å². The molecule has 4 N–H and O–H groups in total. The van der Waals surface area contributed by atoms with E-state index in [-0.39, 0.29) is 0 Å². The fraction of sp³-hybridized carbons (Fsp3) is 0.636. The van der Waals surface area contributed by atoms with Crippen LogP contribution in [0, 0.1) is 5.92 Å². The third kappa shape index (κ3) is 5.19. The van der Waals surface area contributed by atoms with Gasteiger partial charge in [0, 0.05) is 6.54 Å². The third-order valence-corrected chi connectivity index (χ3v) is 2.65. The lowest BCUT2D eigenvalue weighted by atomic mass is 10.1. The normalized spacial score (nSPS) is 10.6. The van der Waals surface area contributed by atoms with E-state index in [0.29, 0.717) is 16.8 Å². The second-order valence-electron chi connectivity index (χ2n) is 4.35. The molecule has 1 heterocycles. The average Bonchev–Trinajstić information content (AvgIpc) is 2.30. The summed E-state index contributed by atoms with van der Waals surface area (Å²) >= 11 is 5.96. The van der Waals surface area contributed by atoms with Crippen LogP contribution in [0.5, 0.6) is 0 Å². The van der Waals surface area contributed by atoms with Crippen molar-refractivity contribution in [3.63, 3.8) is 0 Å². The zero-order valence-corrected chi connectivity index (χ0v) is 11.1. The van der Waals surface area contributed by atoms with Gasteiger partial charge in [0.25, 0.3) is 0 Å². The van der Waals surface area contributed by atoms with E-state index in [1.54, 1.807) is 0 Å². The summed E-state index contributed by atoms with van der Waals surface area (Å²) in [6.45, 7) is 5.31. The number of aromatic nitrogens is 2. The molecule has 0 amide bonds. The molecule has 0 saturated carbocycles. The summed E-state index contributed by atoms with van der Waals surface area (Å²) in [7, 11) is 0. The molecule has 0 spiro atoms. The molecule has 1 aromatic rings. The number of hydrogen-bond acceptors (Lipinski definition) is 5. The molecule has 0 radical (unpaired) electrons. The van der Waals surface area contributed by atoms with Gasteiger partial charge >= 0.3 is 0 Å². The fourth-order valence-electron chi connectivity index (χ4n) is 1.45. The minimum absolute atomic E-state index is 0.360. The zero-order chi connectivity index (χ0) is 12.7. The molecule has 0 saturated heterocycles. The number of hydrogen-bond donors (Lipinski definition) is 3. The van der Waals surface area contributed by atoms with Crippen LogP contribution in [-0.4, -0.2) is 16.5 Å². The van der Waals surface area contributed by atoms with Gasteiger partial charge in [0.2, 0.25) is 5.95 Å². The lowest BCUT2D eigenvalue weighted by Crippen LogP contribution is -2.12. The Balaban J connectivity index is 2.35. The monoisotopic (exact) mass is 257 g/mol. The number of unbranched alkanes of at least 4 members (excludes halogenated alkanes) is 1. The van der Waals surface area contributed by atoms with E-state index >= 15 is 0 Å². The van der Waals surface area contributed by atoms with Crippen molar-refractivity contribution in [3.05, 3.63) is 11.2 Å². The quantitative estimate of drug-likeness (QED) is 0.398. The minimum Gasteiger partial charge on any atom is -0.369 e. The summed E-state index contributed by atoms with van der Waals surface area (Å²) in [5.41, 5.74) is 2.39. The standard InChI is InChI=1S/C11H20ClN5/c1-8(2)5-3-4-6-14-10-9(12)7-15-11(16-10)17-13/h7-8H,3-6,13H2,1-2H3,(H2,14,15,16,17). The summed E-state index contributed by atoms with van der Waals surface area (Å²) < 4.78 is 0. The highest BCUT2D eigenvalue weighted by Gasteiger charge is 2.03. The Labute approximate surface area is 107 Å². The highest BCUT2D eigenvalue weighted by Crippen LogP contribution is 2.19. The Morgan fingerprint density at radius 1 is 1.41 bits per heavy atom. The third-order valence-electron chi connectivity index (χ3n) is 2.37. The molecule has 1 aromatic heterocycles. The lowest BCUT2D eigenvalue weighted by Gasteiger charge is -2.09. The van der Waals surface area contributed by atoms with E-state index in [1.165, 1.54) is 19.0 Å². The van der Waals surface area contributed by atoms with E-state index in [2.05, 4.69) is 34.6 Å². The summed E-state index contributed by atoms with van der Waals surface area (Å²) in [5, 5.41) is 3.69. The predicted molar refractivity (Wildman–Crippen MR) is 72.0 cm³/mol. The number of nitrogens with one attached hydrogen (secondary N) is 2. The van der Waals surface area contributed by atoms with Gasteiger partial charge in [0.15, 0.2) is 5.82 Å². The van der Waals surface area contributed by atoms with Gasteiger partial charge in [0.05, 0.1) is 6.20 Å². The van der Waals surface area contributed by atoms with Crippen molar-refractivity contribution < 1.29 is 0 Å². The van der Waals surface area contributed by atoms with Gasteiger partial charge in [-0.2, -0.15) is 4.98 Å². The molecule has 0 aliphatic carbocycles. The van der Waals surface area contributed by atoms with Crippen molar-refractivity contribution in [2.75, 3.05) is 17.3 Å². The minimum atomic E-state index is 0.360.